The van der Waals surface area contributed by atoms with E-state index in [0.717, 1.165) is 5.56 Å². The van der Waals surface area contributed by atoms with Crippen molar-refractivity contribution in [3.8, 4) is 11.5 Å². The number of non-ortho nitro benzene ring substituents is 1. The van der Waals surface area contributed by atoms with Crippen LogP contribution in [-0.4, -0.2) is 30.8 Å². The van der Waals surface area contributed by atoms with Crippen LogP contribution in [0.1, 0.15) is 37.2 Å². The Morgan fingerprint density at radius 2 is 1.71 bits per heavy atom. The lowest BCUT2D eigenvalue weighted by molar-refractivity contribution is -0.384. The largest absolute Gasteiger partial charge is 0.493 e. The van der Waals surface area contributed by atoms with Gasteiger partial charge in [0.05, 0.1) is 19.1 Å². The zero-order valence-electron chi connectivity index (χ0n) is 17.3. The molecule has 0 N–H and O–H groups in total. The first-order valence-electron chi connectivity index (χ1n) is 10.00. The Bertz CT molecular complexity index is 1090. The summed E-state index contributed by atoms with van der Waals surface area (Å²) in [6, 6.07) is 11.3. The number of ether oxygens (including phenoxy) is 2. The quantitative estimate of drug-likeness (QED) is 0.530. The molecule has 0 fully saturated rings. The molecular formula is C23H22N2O6. The molecule has 2 aromatic carbocycles. The second-order valence-corrected chi connectivity index (χ2v) is 7.51. The number of amides is 1. The van der Waals surface area contributed by atoms with Crippen molar-refractivity contribution in [2.75, 3.05) is 19.1 Å². The van der Waals surface area contributed by atoms with E-state index in [4.69, 9.17) is 9.47 Å². The number of methoxy groups -OCH3 is 2. The molecule has 1 unspecified atom stereocenters. The maximum atomic E-state index is 13.2. The Morgan fingerprint density at radius 1 is 1.00 bits per heavy atom. The minimum absolute atomic E-state index is 0.0282. The van der Waals surface area contributed by atoms with E-state index >= 15 is 0 Å². The monoisotopic (exact) mass is 422 g/mol. The Hall–Kier alpha value is -3.68. The highest BCUT2D eigenvalue weighted by atomic mass is 16.6. The number of Topliss-reactive ketones (excluding diaryl/α,β-unsaturated/α-hetero) is 1. The molecule has 160 valence electrons. The minimum Gasteiger partial charge on any atom is -0.493 e. The van der Waals surface area contributed by atoms with E-state index in [2.05, 4.69) is 0 Å². The lowest BCUT2D eigenvalue weighted by atomic mass is 9.77. The third-order valence-electron chi connectivity index (χ3n) is 5.80. The van der Waals surface area contributed by atoms with E-state index < -0.39 is 4.92 Å². The van der Waals surface area contributed by atoms with Gasteiger partial charge in [0, 0.05) is 47.8 Å². The first-order valence-corrected chi connectivity index (χ1v) is 10.00. The van der Waals surface area contributed by atoms with Crippen LogP contribution in [0.3, 0.4) is 0 Å². The molecule has 0 bridgehead atoms. The molecule has 0 spiro atoms. The number of hydrogen-bond acceptors (Lipinski definition) is 6. The van der Waals surface area contributed by atoms with Crippen LogP contribution in [-0.2, 0) is 9.59 Å². The molecule has 1 aliphatic carbocycles. The fourth-order valence-electron chi connectivity index (χ4n) is 4.37. The molecule has 0 saturated carbocycles. The summed E-state index contributed by atoms with van der Waals surface area (Å²) in [6.07, 6.45) is 1.81. The van der Waals surface area contributed by atoms with Crippen molar-refractivity contribution in [2.24, 2.45) is 0 Å². The van der Waals surface area contributed by atoms with Gasteiger partial charge in [-0.15, -0.1) is 0 Å². The average Bonchev–Trinajstić information content (AvgIpc) is 2.78. The van der Waals surface area contributed by atoms with Crippen molar-refractivity contribution < 1.29 is 24.0 Å². The van der Waals surface area contributed by atoms with E-state index in [-0.39, 0.29) is 29.7 Å². The summed E-state index contributed by atoms with van der Waals surface area (Å²) in [5, 5.41) is 11.0. The van der Waals surface area contributed by atoms with Gasteiger partial charge in [-0.3, -0.25) is 24.6 Å². The lowest BCUT2D eigenvalue weighted by Crippen LogP contribution is -2.40. The van der Waals surface area contributed by atoms with E-state index in [1.165, 1.54) is 12.1 Å². The van der Waals surface area contributed by atoms with Crippen molar-refractivity contribution in [3.05, 3.63) is 69.4 Å². The van der Waals surface area contributed by atoms with Gasteiger partial charge in [-0.05, 0) is 42.7 Å². The smallest absolute Gasteiger partial charge is 0.269 e. The maximum absolute atomic E-state index is 13.2. The number of carbonyl (C=O) groups excluding carboxylic acids is 2. The van der Waals surface area contributed by atoms with E-state index in [1.807, 2.05) is 12.1 Å². The summed E-state index contributed by atoms with van der Waals surface area (Å²) in [7, 11) is 3.09. The molecule has 1 atom stereocenters. The molecule has 0 aromatic heterocycles. The number of benzene rings is 2. The van der Waals surface area contributed by atoms with Gasteiger partial charge < -0.3 is 9.47 Å². The Morgan fingerprint density at radius 3 is 2.35 bits per heavy atom. The Balaban J connectivity index is 1.81. The summed E-state index contributed by atoms with van der Waals surface area (Å²) >= 11 is 0. The molecule has 1 aliphatic heterocycles. The van der Waals surface area contributed by atoms with Crippen molar-refractivity contribution >= 4 is 23.1 Å². The molecule has 2 aromatic rings. The van der Waals surface area contributed by atoms with Gasteiger partial charge >= 0.3 is 0 Å². The molecule has 2 aliphatic rings. The number of carbonyl (C=O) groups is 2. The molecule has 31 heavy (non-hydrogen) atoms. The minimum atomic E-state index is -0.482. The third-order valence-corrected chi connectivity index (χ3v) is 5.80. The normalized spacial score (nSPS) is 18.6. The molecule has 1 heterocycles. The van der Waals surface area contributed by atoms with Crippen LogP contribution in [0.15, 0.2) is 53.7 Å². The standard InChI is InChI=1S/C23H22N2O6/c1-30-20-11-6-14(12-21(20)31-2)17-13-22(27)24(18-4-3-5-19(26)23(17)18)15-7-9-16(10-8-15)25(28)29/h6-12,17H,3-5,13H2,1-2H3. The lowest BCUT2D eigenvalue weighted by Gasteiger charge is -2.38. The first kappa shape index (κ1) is 20.6. The topological polar surface area (TPSA) is 99.0 Å². The second kappa shape index (κ2) is 8.22. The van der Waals surface area contributed by atoms with E-state index in [0.29, 0.717) is 47.7 Å². The van der Waals surface area contributed by atoms with Crippen LogP contribution in [0.25, 0.3) is 0 Å². The molecule has 8 heteroatoms. The van der Waals surface area contributed by atoms with E-state index in [9.17, 15) is 19.7 Å². The zero-order chi connectivity index (χ0) is 22.1. The maximum Gasteiger partial charge on any atom is 0.269 e. The van der Waals surface area contributed by atoms with Crippen LogP contribution >= 0.6 is 0 Å². The van der Waals surface area contributed by atoms with E-state index in [1.54, 1.807) is 37.3 Å². The number of hydrogen-bond donors (Lipinski definition) is 0. The number of nitrogens with zero attached hydrogens (tertiary/aromatic N) is 2. The van der Waals surface area contributed by atoms with Gasteiger partial charge in [0.1, 0.15) is 0 Å². The fraction of sp³-hybridized carbons (Fsp3) is 0.304. The van der Waals surface area contributed by atoms with Gasteiger partial charge in [0.25, 0.3) is 5.69 Å². The molecule has 0 radical (unpaired) electrons. The Kier molecular flexibility index (Phi) is 5.46. The number of rotatable bonds is 5. The van der Waals surface area contributed by atoms with Crippen LogP contribution in [0.5, 0.6) is 11.5 Å². The summed E-state index contributed by atoms with van der Waals surface area (Å²) in [4.78, 5) is 38.2. The number of nitro groups is 1. The highest BCUT2D eigenvalue weighted by molar-refractivity contribution is 6.07. The van der Waals surface area contributed by atoms with Crippen molar-refractivity contribution in [3.63, 3.8) is 0 Å². The predicted octanol–water partition coefficient (Wildman–Crippen LogP) is 4.14. The fourth-order valence-corrected chi connectivity index (χ4v) is 4.37. The van der Waals surface area contributed by atoms with Crippen LogP contribution in [0.2, 0.25) is 0 Å². The van der Waals surface area contributed by atoms with Crippen LogP contribution < -0.4 is 14.4 Å². The molecule has 0 saturated heterocycles. The van der Waals surface area contributed by atoms with Crippen molar-refractivity contribution in [1.29, 1.82) is 0 Å². The number of allylic oxidation sites excluding steroid dienone is 2. The first-order chi connectivity index (χ1) is 14.9. The second-order valence-electron chi connectivity index (χ2n) is 7.51. The van der Waals surface area contributed by atoms with Crippen molar-refractivity contribution in [1.82, 2.24) is 0 Å². The Labute approximate surface area is 179 Å². The summed E-state index contributed by atoms with van der Waals surface area (Å²) < 4.78 is 10.7. The number of ketones is 1. The van der Waals surface area contributed by atoms with Gasteiger partial charge in [-0.1, -0.05) is 6.07 Å². The SMILES string of the molecule is COc1ccc(C2CC(=O)N(c3ccc([N+](=O)[O-])cc3)C3=C2C(=O)CCC3)cc1OC. The average molecular weight is 422 g/mol. The molecule has 8 nitrogen and oxygen atoms in total. The zero-order valence-corrected chi connectivity index (χ0v) is 17.3. The van der Waals surface area contributed by atoms with Crippen molar-refractivity contribution in [2.45, 2.75) is 31.6 Å². The third kappa shape index (κ3) is 3.65. The molecule has 1 amide bonds. The van der Waals surface area contributed by atoms with Gasteiger partial charge in [-0.25, -0.2) is 0 Å². The van der Waals surface area contributed by atoms with Gasteiger partial charge in [-0.2, -0.15) is 0 Å². The summed E-state index contributed by atoms with van der Waals surface area (Å²) in [5.74, 6) is 0.618. The van der Waals surface area contributed by atoms with Gasteiger partial charge in [0.15, 0.2) is 17.3 Å². The highest BCUT2D eigenvalue weighted by Gasteiger charge is 2.40. The molecular weight excluding hydrogens is 400 g/mol. The predicted molar refractivity (Wildman–Crippen MR) is 113 cm³/mol. The summed E-state index contributed by atoms with van der Waals surface area (Å²) in [6.45, 7) is 0. The summed E-state index contributed by atoms with van der Waals surface area (Å²) in [5.41, 5.74) is 2.61. The molecule has 4 rings (SSSR count). The number of nitro benzene ring substituents is 1. The highest BCUT2D eigenvalue weighted by Crippen LogP contribution is 2.45. The number of anilines is 1. The van der Waals surface area contributed by atoms with Crippen LogP contribution in [0, 0.1) is 10.1 Å². The van der Waals surface area contributed by atoms with Gasteiger partial charge in [0.2, 0.25) is 5.91 Å². The van der Waals surface area contributed by atoms with Crippen LogP contribution in [0.4, 0.5) is 11.4 Å².